The summed E-state index contributed by atoms with van der Waals surface area (Å²) in [6, 6.07) is 16.6. The van der Waals surface area contributed by atoms with E-state index in [2.05, 4.69) is 15.5 Å². The van der Waals surface area contributed by atoms with Gasteiger partial charge in [0.25, 0.3) is 5.91 Å². The molecule has 32 heavy (non-hydrogen) atoms. The molecule has 1 amide bonds. The van der Waals surface area contributed by atoms with E-state index in [9.17, 15) is 4.79 Å². The number of hydrogen-bond donors (Lipinski definition) is 2. The minimum atomic E-state index is -0.557. The number of aromatic amines is 1. The molecular formula is C24H22N4O4. The van der Waals surface area contributed by atoms with Gasteiger partial charge in [0.15, 0.2) is 5.76 Å². The van der Waals surface area contributed by atoms with Crippen molar-refractivity contribution < 1.29 is 18.7 Å². The molecule has 0 radical (unpaired) electrons. The summed E-state index contributed by atoms with van der Waals surface area (Å²) in [4.78, 5) is 15.4. The summed E-state index contributed by atoms with van der Waals surface area (Å²) in [6.45, 7) is 1.88. The van der Waals surface area contributed by atoms with Gasteiger partial charge in [0, 0.05) is 17.3 Å². The Labute approximate surface area is 184 Å². The van der Waals surface area contributed by atoms with Crippen molar-refractivity contribution in [1.82, 2.24) is 10.2 Å². The highest BCUT2D eigenvalue weighted by Gasteiger charge is 2.37. The van der Waals surface area contributed by atoms with Crippen LogP contribution in [0.2, 0.25) is 0 Å². The SMILES string of the molecule is COc1ccc(N2C(=O)c3ccccc3N[C@@H]2c2cn[nH]c2-c2ccc(C)o2)c(OC)c1. The number of fused-ring (bicyclic) bond motifs is 1. The van der Waals surface area contributed by atoms with Crippen LogP contribution in [0.25, 0.3) is 11.5 Å². The molecule has 2 aromatic carbocycles. The van der Waals surface area contributed by atoms with Crippen molar-refractivity contribution in [1.29, 1.82) is 0 Å². The van der Waals surface area contributed by atoms with Gasteiger partial charge in [-0.2, -0.15) is 5.10 Å². The predicted octanol–water partition coefficient (Wildman–Crippen LogP) is 4.77. The van der Waals surface area contributed by atoms with Crippen LogP contribution in [-0.2, 0) is 0 Å². The third-order valence-electron chi connectivity index (χ3n) is 5.52. The van der Waals surface area contributed by atoms with Crippen LogP contribution in [0.4, 0.5) is 11.4 Å². The van der Waals surface area contributed by atoms with E-state index in [0.29, 0.717) is 34.2 Å². The van der Waals surface area contributed by atoms with Crippen LogP contribution < -0.4 is 19.7 Å². The monoisotopic (exact) mass is 430 g/mol. The molecule has 4 aromatic rings. The van der Waals surface area contributed by atoms with Crippen LogP contribution in [-0.4, -0.2) is 30.3 Å². The minimum Gasteiger partial charge on any atom is -0.497 e. The average molecular weight is 430 g/mol. The Kier molecular flexibility index (Phi) is 4.82. The van der Waals surface area contributed by atoms with Gasteiger partial charge in [-0.15, -0.1) is 0 Å². The van der Waals surface area contributed by atoms with Gasteiger partial charge in [0.05, 0.1) is 31.7 Å². The zero-order chi connectivity index (χ0) is 22.2. The van der Waals surface area contributed by atoms with Gasteiger partial charge in [-0.1, -0.05) is 12.1 Å². The van der Waals surface area contributed by atoms with Crippen molar-refractivity contribution in [2.75, 3.05) is 24.4 Å². The number of carbonyl (C=O) groups excluding carboxylic acids is 1. The molecule has 0 saturated carbocycles. The molecule has 162 valence electrons. The Hall–Kier alpha value is -4.20. The molecule has 8 nitrogen and oxygen atoms in total. The second-order valence-corrected chi connectivity index (χ2v) is 7.42. The second kappa shape index (κ2) is 7.81. The number of hydrogen-bond acceptors (Lipinski definition) is 6. The minimum absolute atomic E-state index is 0.157. The molecule has 2 aromatic heterocycles. The molecule has 1 aliphatic heterocycles. The highest BCUT2D eigenvalue weighted by molar-refractivity contribution is 6.12. The summed E-state index contributed by atoms with van der Waals surface area (Å²) in [5, 5.41) is 10.8. The molecule has 0 unspecified atom stereocenters. The topological polar surface area (TPSA) is 92.6 Å². The normalized spacial score (nSPS) is 15.3. The van der Waals surface area contributed by atoms with Gasteiger partial charge >= 0.3 is 0 Å². The van der Waals surface area contributed by atoms with Gasteiger partial charge in [0.1, 0.15) is 29.1 Å². The molecular weight excluding hydrogens is 408 g/mol. The molecule has 2 N–H and O–H groups in total. The van der Waals surface area contributed by atoms with E-state index in [0.717, 1.165) is 17.0 Å². The molecule has 3 heterocycles. The fourth-order valence-corrected chi connectivity index (χ4v) is 3.97. The van der Waals surface area contributed by atoms with E-state index in [1.54, 1.807) is 43.5 Å². The summed E-state index contributed by atoms with van der Waals surface area (Å²) in [7, 11) is 3.15. The van der Waals surface area contributed by atoms with Crippen LogP contribution in [0, 0.1) is 6.92 Å². The molecule has 0 saturated heterocycles. The summed E-state index contributed by atoms with van der Waals surface area (Å²) >= 11 is 0. The third-order valence-corrected chi connectivity index (χ3v) is 5.52. The number of nitrogens with zero attached hydrogens (tertiary/aromatic N) is 2. The number of ether oxygens (including phenoxy) is 2. The summed E-state index contributed by atoms with van der Waals surface area (Å²) in [5.74, 6) is 2.42. The highest BCUT2D eigenvalue weighted by atomic mass is 16.5. The fraction of sp³-hybridized carbons (Fsp3) is 0.167. The lowest BCUT2D eigenvalue weighted by molar-refractivity contribution is 0.0974. The first-order valence-electron chi connectivity index (χ1n) is 10.1. The molecule has 0 aliphatic carbocycles. The zero-order valence-corrected chi connectivity index (χ0v) is 17.9. The van der Waals surface area contributed by atoms with Crippen LogP contribution in [0.15, 0.2) is 65.2 Å². The molecule has 0 bridgehead atoms. The Bertz CT molecular complexity index is 1290. The largest absolute Gasteiger partial charge is 0.497 e. The predicted molar refractivity (Wildman–Crippen MR) is 120 cm³/mol. The summed E-state index contributed by atoms with van der Waals surface area (Å²) < 4.78 is 16.8. The molecule has 5 rings (SSSR count). The average Bonchev–Trinajstić information content (AvgIpc) is 3.47. The summed E-state index contributed by atoms with van der Waals surface area (Å²) in [5.41, 5.74) is 3.38. The lowest BCUT2D eigenvalue weighted by atomic mass is 10.0. The van der Waals surface area contributed by atoms with Crippen LogP contribution >= 0.6 is 0 Å². The Morgan fingerprint density at radius 3 is 2.66 bits per heavy atom. The van der Waals surface area contributed by atoms with Crippen LogP contribution in [0.5, 0.6) is 11.5 Å². The third kappa shape index (κ3) is 3.17. The van der Waals surface area contributed by atoms with Crippen molar-refractivity contribution in [2.24, 2.45) is 0 Å². The van der Waals surface area contributed by atoms with E-state index in [1.165, 1.54) is 0 Å². The number of benzene rings is 2. The standard InChI is InChI=1S/C24H22N4O4/c1-14-8-11-20(32-14)22-17(13-25-27-22)23-26-18-7-5-4-6-16(18)24(29)28(23)19-10-9-15(30-2)12-21(19)31-3/h4-13,23,26H,1-3H3,(H,25,27)/t23-/m0/s1. The molecule has 1 atom stereocenters. The van der Waals surface area contributed by atoms with Gasteiger partial charge in [-0.05, 0) is 43.3 Å². The number of aryl methyl sites for hydroxylation is 1. The van der Waals surface area contributed by atoms with E-state index < -0.39 is 6.17 Å². The number of rotatable bonds is 5. The van der Waals surface area contributed by atoms with E-state index in [4.69, 9.17) is 13.9 Å². The lowest BCUT2D eigenvalue weighted by Gasteiger charge is -2.38. The molecule has 1 aliphatic rings. The number of H-pyrrole nitrogens is 1. The van der Waals surface area contributed by atoms with Gasteiger partial charge < -0.3 is 19.2 Å². The first kappa shape index (κ1) is 19.7. The van der Waals surface area contributed by atoms with E-state index in [-0.39, 0.29) is 5.91 Å². The lowest BCUT2D eigenvalue weighted by Crippen LogP contribution is -2.43. The number of aromatic nitrogens is 2. The zero-order valence-electron chi connectivity index (χ0n) is 17.9. The van der Waals surface area contributed by atoms with Crippen molar-refractivity contribution in [2.45, 2.75) is 13.1 Å². The smallest absolute Gasteiger partial charge is 0.262 e. The van der Waals surface area contributed by atoms with Gasteiger partial charge in [-0.3, -0.25) is 14.8 Å². The van der Waals surface area contributed by atoms with Crippen molar-refractivity contribution in [3.05, 3.63) is 77.7 Å². The molecule has 0 spiro atoms. The Morgan fingerprint density at radius 1 is 1.06 bits per heavy atom. The Balaban J connectivity index is 1.69. The van der Waals surface area contributed by atoms with Gasteiger partial charge in [0.2, 0.25) is 0 Å². The first-order valence-corrected chi connectivity index (χ1v) is 10.1. The second-order valence-electron chi connectivity index (χ2n) is 7.42. The maximum atomic E-state index is 13.7. The highest BCUT2D eigenvalue weighted by Crippen LogP contribution is 2.43. The van der Waals surface area contributed by atoms with Crippen LogP contribution in [0.3, 0.4) is 0 Å². The number of anilines is 2. The van der Waals surface area contributed by atoms with Crippen molar-refractivity contribution >= 4 is 17.3 Å². The molecule has 8 heteroatoms. The number of amides is 1. The maximum Gasteiger partial charge on any atom is 0.262 e. The van der Waals surface area contributed by atoms with Gasteiger partial charge in [-0.25, -0.2) is 0 Å². The summed E-state index contributed by atoms with van der Waals surface area (Å²) in [6.07, 6.45) is 1.15. The quantitative estimate of drug-likeness (QED) is 0.474. The number of methoxy groups -OCH3 is 2. The Morgan fingerprint density at radius 2 is 1.91 bits per heavy atom. The number of para-hydroxylation sites is 1. The number of furan rings is 1. The van der Waals surface area contributed by atoms with E-state index >= 15 is 0 Å². The number of nitrogens with one attached hydrogen (secondary N) is 2. The van der Waals surface area contributed by atoms with E-state index in [1.807, 2.05) is 43.3 Å². The number of carbonyl (C=O) groups is 1. The van der Waals surface area contributed by atoms with Crippen molar-refractivity contribution in [3.8, 4) is 23.0 Å². The maximum absolute atomic E-state index is 13.7. The fourth-order valence-electron chi connectivity index (χ4n) is 3.97. The van der Waals surface area contributed by atoms with Crippen molar-refractivity contribution in [3.63, 3.8) is 0 Å². The van der Waals surface area contributed by atoms with Crippen LogP contribution in [0.1, 0.15) is 27.8 Å². The first-order chi connectivity index (χ1) is 15.6. The molecule has 0 fully saturated rings.